The molecule has 15 heavy (non-hydrogen) atoms. The van der Waals surface area contributed by atoms with Gasteiger partial charge in [-0.2, -0.15) is 0 Å². The number of hydrogen-bond donors (Lipinski definition) is 2. The van der Waals surface area contributed by atoms with Gasteiger partial charge in [0.2, 0.25) is 11.8 Å². The number of nitrogens with two attached hydrogens (primary N) is 1. The van der Waals surface area contributed by atoms with Crippen molar-refractivity contribution in [1.29, 1.82) is 0 Å². The third-order valence-electron chi connectivity index (χ3n) is 2.98. The van der Waals surface area contributed by atoms with Gasteiger partial charge in [0.25, 0.3) is 0 Å². The number of likely N-dealkylation sites (tertiary alicyclic amines) is 1. The van der Waals surface area contributed by atoms with E-state index in [1.54, 1.807) is 18.7 Å². The molecule has 0 aliphatic carbocycles. The third-order valence-corrected chi connectivity index (χ3v) is 4.49. The number of primary amides is 1. The van der Waals surface area contributed by atoms with Crippen LogP contribution in [0.4, 0.5) is 0 Å². The first-order chi connectivity index (χ1) is 7.02. The summed E-state index contributed by atoms with van der Waals surface area (Å²) in [6, 6.07) is -0.248. The van der Waals surface area contributed by atoms with E-state index >= 15 is 0 Å². The molecular weight excluding hydrogens is 214 g/mol. The van der Waals surface area contributed by atoms with Gasteiger partial charge < -0.3 is 10.6 Å². The van der Waals surface area contributed by atoms with Gasteiger partial charge in [0.15, 0.2) is 0 Å². The van der Waals surface area contributed by atoms with E-state index in [1.165, 1.54) is 0 Å². The topological polar surface area (TPSA) is 75.4 Å². The van der Waals surface area contributed by atoms with Crippen molar-refractivity contribution in [3.05, 3.63) is 0 Å². The van der Waals surface area contributed by atoms with Gasteiger partial charge in [-0.25, -0.2) is 0 Å². The van der Waals surface area contributed by atoms with Crippen LogP contribution in [0.5, 0.6) is 0 Å². The molecule has 0 aromatic rings. The van der Waals surface area contributed by atoms with Crippen LogP contribution in [0.15, 0.2) is 0 Å². The Hall–Kier alpha value is -0.750. The standard InChI is InChI=1S/C9H15N3O2S/c1-6(13)12-3-2-9(5-12)11-7(4-15-9)8(10)14/h7,11H,2-5H2,1H3,(H2,10,14)/t7-,9?/m0/s1. The van der Waals surface area contributed by atoms with Crippen molar-refractivity contribution in [1.82, 2.24) is 10.2 Å². The van der Waals surface area contributed by atoms with Crippen molar-refractivity contribution < 1.29 is 9.59 Å². The van der Waals surface area contributed by atoms with Gasteiger partial charge in [0, 0.05) is 25.8 Å². The molecule has 6 heteroatoms. The fourth-order valence-corrected chi connectivity index (χ4v) is 3.53. The lowest BCUT2D eigenvalue weighted by molar-refractivity contribution is -0.127. The van der Waals surface area contributed by atoms with Crippen LogP contribution in [0.25, 0.3) is 0 Å². The highest BCUT2D eigenvalue weighted by Crippen LogP contribution is 2.38. The third kappa shape index (κ3) is 1.96. The van der Waals surface area contributed by atoms with Crippen LogP contribution in [0, 0.1) is 0 Å². The van der Waals surface area contributed by atoms with Crippen LogP contribution in [0.3, 0.4) is 0 Å². The summed E-state index contributed by atoms with van der Waals surface area (Å²) in [7, 11) is 0. The summed E-state index contributed by atoms with van der Waals surface area (Å²) in [5.41, 5.74) is 5.25. The Morgan fingerprint density at radius 3 is 2.80 bits per heavy atom. The molecular formula is C9H15N3O2S. The molecule has 0 saturated carbocycles. The summed E-state index contributed by atoms with van der Waals surface area (Å²) < 4.78 is 0. The minimum atomic E-state index is -0.305. The lowest BCUT2D eigenvalue weighted by atomic mass is 10.2. The first kappa shape index (κ1) is 10.8. The Morgan fingerprint density at radius 1 is 1.60 bits per heavy atom. The zero-order chi connectivity index (χ0) is 11.1. The molecule has 0 radical (unpaired) electrons. The van der Waals surface area contributed by atoms with Crippen LogP contribution in [-0.4, -0.2) is 46.5 Å². The summed E-state index contributed by atoms with van der Waals surface area (Å²) in [6.07, 6.45) is 0.890. The van der Waals surface area contributed by atoms with E-state index in [1.807, 2.05) is 4.90 Å². The average Bonchev–Trinajstić information content (AvgIpc) is 2.74. The monoisotopic (exact) mass is 229 g/mol. The number of carbonyl (C=O) groups is 2. The Labute approximate surface area is 92.7 Å². The number of nitrogens with one attached hydrogen (secondary N) is 1. The van der Waals surface area contributed by atoms with E-state index in [-0.39, 0.29) is 22.7 Å². The van der Waals surface area contributed by atoms with Crippen molar-refractivity contribution in [2.75, 3.05) is 18.8 Å². The van der Waals surface area contributed by atoms with Gasteiger partial charge in [-0.1, -0.05) is 0 Å². The van der Waals surface area contributed by atoms with E-state index in [4.69, 9.17) is 5.73 Å². The van der Waals surface area contributed by atoms with Gasteiger partial charge in [0.05, 0.1) is 10.9 Å². The number of nitrogens with zero attached hydrogens (tertiary/aromatic N) is 1. The van der Waals surface area contributed by atoms with E-state index in [0.717, 1.165) is 13.0 Å². The Kier molecular flexibility index (Phi) is 2.64. The van der Waals surface area contributed by atoms with E-state index in [2.05, 4.69) is 5.32 Å². The SMILES string of the molecule is CC(=O)N1CCC2(C1)N[C@H](C(N)=O)CS2. The Balaban J connectivity index is 2.00. The molecule has 0 aromatic carbocycles. The van der Waals surface area contributed by atoms with Crippen molar-refractivity contribution in [2.45, 2.75) is 24.3 Å². The van der Waals surface area contributed by atoms with Crippen LogP contribution in [-0.2, 0) is 9.59 Å². The van der Waals surface area contributed by atoms with E-state index < -0.39 is 0 Å². The predicted molar refractivity (Wildman–Crippen MR) is 58.2 cm³/mol. The van der Waals surface area contributed by atoms with E-state index in [0.29, 0.717) is 12.3 Å². The summed E-state index contributed by atoms with van der Waals surface area (Å²) >= 11 is 1.70. The van der Waals surface area contributed by atoms with Gasteiger partial charge in [-0.15, -0.1) is 11.8 Å². The number of hydrogen-bond acceptors (Lipinski definition) is 4. The second-order valence-corrected chi connectivity index (χ2v) is 5.50. The molecule has 2 atom stereocenters. The van der Waals surface area contributed by atoms with Gasteiger partial charge >= 0.3 is 0 Å². The highest BCUT2D eigenvalue weighted by molar-refractivity contribution is 8.01. The molecule has 1 spiro atoms. The molecule has 0 bridgehead atoms. The predicted octanol–water partition coefficient (Wildman–Crippen LogP) is -0.875. The minimum absolute atomic E-state index is 0.0943. The van der Waals surface area contributed by atoms with Gasteiger partial charge in [-0.05, 0) is 6.42 Å². The first-order valence-electron chi connectivity index (χ1n) is 4.99. The summed E-state index contributed by atoms with van der Waals surface area (Å²) in [5.74, 6) is 0.499. The number of thioether (sulfide) groups is 1. The number of carbonyl (C=O) groups excluding carboxylic acids is 2. The van der Waals surface area contributed by atoms with Crippen LogP contribution in [0.2, 0.25) is 0 Å². The van der Waals surface area contributed by atoms with Crippen LogP contribution >= 0.6 is 11.8 Å². The lowest BCUT2D eigenvalue weighted by Gasteiger charge is -2.23. The maximum absolute atomic E-state index is 11.2. The van der Waals surface area contributed by atoms with Crippen molar-refractivity contribution in [3.63, 3.8) is 0 Å². The molecule has 84 valence electrons. The molecule has 2 aliphatic heterocycles. The summed E-state index contributed by atoms with van der Waals surface area (Å²) in [6.45, 7) is 3.02. The first-order valence-corrected chi connectivity index (χ1v) is 5.97. The number of rotatable bonds is 1. The largest absolute Gasteiger partial charge is 0.368 e. The summed E-state index contributed by atoms with van der Waals surface area (Å²) in [5, 5.41) is 3.25. The molecule has 5 nitrogen and oxygen atoms in total. The highest BCUT2D eigenvalue weighted by Gasteiger charge is 2.46. The highest BCUT2D eigenvalue weighted by atomic mass is 32.2. The quantitative estimate of drug-likeness (QED) is 0.612. The maximum atomic E-state index is 11.2. The van der Waals surface area contributed by atoms with Crippen molar-refractivity contribution >= 4 is 23.6 Å². The smallest absolute Gasteiger partial charge is 0.235 e. The molecule has 2 saturated heterocycles. The second kappa shape index (κ2) is 3.68. The zero-order valence-corrected chi connectivity index (χ0v) is 9.47. The zero-order valence-electron chi connectivity index (χ0n) is 8.66. The number of amides is 2. The normalized spacial score (nSPS) is 35.0. The van der Waals surface area contributed by atoms with Gasteiger partial charge in [-0.3, -0.25) is 14.9 Å². The Morgan fingerprint density at radius 2 is 2.33 bits per heavy atom. The second-order valence-electron chi connectivity index (χ2n) is 4.10. The molecule has 3 N–H and O–H groups in total. The maximum Gasteiger partial charge on any atom is 0.235 e. The average molecular weight is 229 g/mol. The van der Waals surface area contributed by atoms with Crippen LogP contribution < -0.4 is 11.1 Å². The molecule has 2 aliphatic rings. The minimum Gasteiger partial charge on any atom is -0.368 e. The lowest BCUT2D eigenvalue weighted by Crippen LogP contribution is -2.49. The van der Waals surface area contributed by atoms with Crippen LogP contribution in [0.1, 0.15) is 13.3 Å². The molecule has 2 rings (SSSR count). The molecule has 2 fully saturated rings. The summed E-state index contributed by atoms with van der Waals surface area (Å²) in [4.78, 5) is 23.9. The molecule has 2 amide bonds. The Bertz CT molecular complexity index is 278. The fourth-order valence-electron chi connectivity index (χ4n) is 2.08. The van der Waals surface area contributed by atoms with Gasteiger partial charge in [0.1, 0.15) is 0 Å². The molecule has 2 heterocycles. The van der Waals surface area contributed by atoms with E-state index in [9.17, 15) is 9.59 Å². The van der Waals surface area contributed by atoms with Crippen molar-refractivity contribution in [2.24, 2.45) is 5.73 Å². The fraction of sp³-hybridized carbons (Fsp3) is 0.778. The molecule has 1 unspecified atom stereocenters. The van der Waals surface area contributed by atoms with Crippen molar-refractivity contribution in [3.8, 4) is 0 Å². The molecule has 0 aromatic heterocycles.